The van der Waals surface area contributed by atoms with Crippen molar-refractivity contribution in [2.45, 2.75) is 89.1 Å². The number of aromatic nitrogens is 3. The Balaban J connectivity index is 1.56. The second-order valence-corrected chi connectivity index (χ2v) is 13.9. The van der Waals surface area contributed by atoms with Crippen molar-refractivity contribution in [2.24, 2.45) is 22.9 Å². The zero-order valence-corrected chi connectivity index (χ0v) is 26.9. The van der Waals surface area contributed by atoms with Crippen LogP contribution in [0.3, 0.4) is 0 Å². The van der Waals surface area contributed by atoms with Gasteiger partial charge in [0.25, 0.3) is 0 Å². The van der Waals surface area contributed by atoms with Crippen LogP contribution in [-0.2, 0) is 4.84 Å². The molecule has 0 amide bonds. The van der Waals surface area contributed by atoms with Crippen LogP contribution in [-0.4, -0.2) is 65.7 Å². The fourth-order valence-corrected chi connectivity index (χ4v) is 7.69. The second kappa shape index (κ2) is 13.2. The van der Waals surface area contributed by atoms with E-state index in [0.717, 1.165) is 53.8 Å². The molecular formula is C36H46N4O6. The van der Waals surface area contributed by atoms with Crippen LogP contribution in [0.5, 0.6) is 11.5 Å². The molecular weight excluding hydrogens is 584 g/mol. The number of oxime groups is 1. The minimum atomic E-state index is -1.73. The number of benzene rings is 2. The number of ether oxygens (including phenoxy) is 1. The maximum Gasteiger partial charge on any atom is 0.238 e. The predicted octanol–water partition coefficient (Wildman–Crippen LogP) is 5.75. The Morgan fingerprint density at radius 1 is 1.02 bits per heavy atom. The molecule has 4 N–H and O–H groups in total. The van der Waals surface area contributed by atoms with Crippen molar-refractivity contribution in [3.8, 4) is 22.8 Å². The molecule has 1 fully saturated rings. The Hall–Kier alpha value is -3.73. The molecule has 0 bridgehead atoms. The van der Waals surface area contributed by atoms with Gasteiger partial charge >= 0.3 is 0 Å². The van der Waals surface area contributed by atoms with Gasteiger partial charge in [0, 0.05) is 36.7 Å². The smallest absolute Gasteiger partial charge is 0.238 e. The summed E-state index contributed by atoms with van der Waals surface area (Å²) in [5.41, 5.74) is 3.57. The van der Waals surface area contributed by atoms with Gasteiger partial charge in [0.15, 0.2) is 0 Å². The number of allylic oxidation sites excluding steroid dienone is 1. The van der Waals surface area contributed by atoms with Crippen LogP contribution in [0, 0.1) is 17.8 Å². The quantitative estimate of drug-likeness (QED) is 0.155. The number of nitrogens with zero attached hydrogens (tertiary/aromatic N) is 4. The van der Waals surface area contributed by atoms with Crippen molar-refractivity contribution in [1.29, 1.82) is 0 Å². The molecule has 2 aliphatic carbocycles. The van der Waals surface area contributed by atoms with Crippen LogP contribution in [0.4, 0.5) is 0 Å². The molecule has 0 saturated heterocycles. The first-order valence-corrected chi connectivity index (χ1v) is 16.5. The van der Waals surface area contributed by atoms with Crippen LogP contribution in [0.2, 0.25) is 0 Å². The third-order valence-electron chi connectivity index (χ3n) is 9.63. The normalized spacial score (nSPS) is 27.8. The molecule has 6 rings (SSSR count). The number of rotatable bonds is 11. The molecule has 10 nitrogen and oxygen atoms in total. The van der Waals surface area contributed by atoms with Crippen LogP contribution in [0.15, 0.2) is 71.5 Å². The standard InChI is InChI=1S/C36H46N4O6/c1-35(2,3)46-38-29-21-32(40-30(22-37-39-40)23-11-5-4-6-12-23)36(44)34-27(29)19-24(13-7-9-17-41)26(14-8-10-18-42)33(34)28-20-25(43)15-16-31(28)45-36/h4-6,11-12,15-16,19-20,22,24,26,32-34,41-44H,7-10,13-14,17-18,21H2,1-3H3/t24-,26+,32-,33+,34+,36+/m0/s1. The van der Waals surface area contributed by atoms with Gasteiger partial charge in [-0.2, -0.15) is 0 Å². The average molecular weight is 631 g/mol. The Bertz CT molecular complexity index is 1560. The largest absolute Gasteiger partial charge is 0.508 e. The van der Waals surface area contributed by atoms with E-state index in [0.29, 0.717) is 18.6 Å². The van der Waals surface area contributed by atoms with Gasteiger partial charge in [-0.05, 0) is 82.1 Å². The van der Waals surface area contributed by atoms with Gasteiger partial charge in [0.1, 0.15) is 23.1 Å². The fraction of sp³-hybridized carbons (Fsp3) is 0.528. The van der Waals surface area contributed by atoms with Crippen molar-refractivity contribution >= 4 is 5.71 Å². The molecule has 0 unspecified atom stereocenters. The molecule has 0 spiro atoms. The van der Waals surface area contributed by atoms with Crippen molar-refractivity contribution in [2.75, 3.05) is 13.2 Å². The fourth-order valence-electron chi connectivity index (χ4n) is 7.69. The minimum absolute atomic E-state index is 0.0721. The number of unbranched alkanes of at least 4 members (excludes halogenated alkanes) is 2. The lowest BCUT2D eigenvalue weighted by molar-refractivity contribution is -0.225. The second-order valence-electron chi connectivity index (χ2n) is 13.9. The van der Waals surface area contributed by atoms with E-state index in [2.05, 4.69) is 16.4 Å². The molecule has 0 radical (unpaired) electrons. The van der Waals surface area contributed by atoms with E-state index in [4.69, 9.17) is 14.7 Å². The first-order chi connectivity index (χ1) is 22.1. The molecule has 1 aromatic heterocycles. The summed E-state index contributed by atoms with van der Waals surface area (Å²) in [4.78, 5) is 6.06. The highest BCUT2D eigenvalue weighted by molar-refractivity contribution is 6.02. The lowest BCUT2D eigenvalue weighted by atomic mass is 9.55. The Morgan fingerprint density at radius 2 is 1.76 bits per heavy atom. The minimum Gasteiger partial charge on any atom is -0.508 e. The maximum atomic E-state index is 13.1. The summed E-state index contributed by atoms with van der Waals surface area (Å²) in [6, 6.07) is 14.2. The molecule has 2 heterocycles. The number of hydrogen-bond acceptors (Lipinski definition) is 9. The Labute approximate surface area is 270 Å². The highest BCUT2D eigenvalue weighted by atomic mass is 16.6. The summed E-state index contributed by atoms with van der Waals surface area (Å²) in [6.45, 7) is 6.10. The van der Waals surface area contributed by atoms with Crippen LogP contribution in [0.25, 0.3) is 11.3 Å². The molecule has 46 heavy (non-hydrogen) atoms. The Kier molecular flexibility index (Phi) is 9.23. The number of fused-ring (bicyclic) bond motifs is 2. The number of phenols is 1. The summed E-state index contributed by atoms with van der Waals surface area (Å²) in [5, 5.41) is 56.6. The van der Waals surface area contributed by atoms with Gasteiger partial charge in [-0.25, -0.2) is 4.68 Å². The lowest BCUT2D eigenvalue weighted by Gasteiger charge is -2.56. The van der Waals surface area contributed by atoms with Crippen molar-refractivity contribution in [3.63, 3.8) is 0 Å². The number of hydrogen-bond donors (Lipinski definition) is 4. The van der Waals surface area contributed by atoms with E-state index in [1.54, 1.807) is 29.1 Å². The predicted molar refractivity (Wildman–Crippen MR) is 174 cm³/mol. The van der Waals surface area contributed by atoms with Gasteiger partial charge in [-0.3, -0.25) is 0 Å². The summed E-state index contributed by atoms with van der Waals surface area (Å²) < 4.78 is 8.45. The number of aromatic hydroxyl groups is 1. The topological polar surface area (TPSA) is 142 Å². The van der Waals surface area contributed by atoms with Gasteiger partial charge in [-0.15, -0.1) is 5.10 Å². The van der Waals surface area contributed by atoms with Crippen LogP contribution < -0.4 is 4.74 Å². The highest BCUT2D eigenvalue weighted by Crippen LogP contribution is 2.62. The third kappa shape index (κ3) is 6.18. The summed E-state index contributed by atoms with van der Waals surface area (Å²) >= 11 is 0. The van der Waals surface area contributed by atoms with E-state index in [9.17, 15) is 20.4 Å². The summed E-state index contributed by atoms with van der Waals surface area (Å²) in [6.07, 6.45) is 8.95. The first-order valence-electron chi connectivity index (χ1n) is 16.5. The number of aliphatic hydroxyl groups excluding tert-OH is 2. The lowest BCUT2D eigenvalue weighted by Crippen LogP contribution is -2.62. The molecule has 6 atom stereocenters. The highest BCUT2D eigenvalue weighted by Gasteiger charge is 2.63. The Morgan fingerprint density at radius 3 is 2.48 bits per heavy atom. The molecule has 246 valence electrons. The molecule has 3 aliphatic rings. The van der Waals surface area contributed by atoms with Gasteiger partial charge in [0.05, 0.1) is 23.5 Å². The average Bonchev–Trinajstić information content (AvgIpc) is 3.51. The van der Waals surface area contributed by atoms with Crippen LogP contribution >= 0.6 is 0 Å². The van der Waals surface area contributed by atoms with Crippen LogP contribution in [0.1, 0.15) is 83.2 Å². The number of phenolic OH excluding ortho intramolecular Hbond substituents is 1. The molecule has 2 aromatic carbocycles. The van der Waals surface area contributed by atoms with Gasteiger partial charge in [-0.1, -0.05) is 59.6 Å². The third-order valence-corrected chi connectivity index (χ3v) is 9.63. The summed E-state index contributed by atoms with van der Waals surface area (Å²) in [7, 11) is 0. The monoisotopic (exact) mass is 630 g/mol. The van der Waals surface area contributed by atoms with E-state index in [1.807, 2.05) is 51.1 Å². The van der Waals surface area contributed by atoms with E-state index >= 15 is 0 Å². The van der Waals surface area contributed by atoms with Gasteiger partial charge < -0.3 is 30.0 Å². The van der Waals surface area contributed by atoms with E-state index in [1.165, 1.54) is 0 Å². The van der Waals surface area contributed by atoms with Crippen molar-refractivity contribution in [3.05, 3.63) is 71.9 Å². The first kappa shape index (κ1) is 32.2. The zero-order valence-electron chi connectivity index (χ0n) is 26.9. The molecule has 3 aromatic rings. The molecule has 1 saturated carbocycles. The molecule has 10 heteroatoms. The van der Waals surface area contributed by atoms with E-state index in [-0.39, 0.29) is 43.1 Å². The van der Waals surface area contributed by atoms with Crippen molar-refractivity contribution in [1.82, 2.24) is 15.0 Å². The zero-order chi connectivity index (χ0) is 32.5. The van der Waals surface area contributed by atoms with E-state index < -0.39 is 23.3 Å². The molecule has 1 aliphatic heterocycles. The SMILES string of the molecule is CC(C)(C)ON=C1C[C@H](n2nncc2-c2ccccc2)[C@@]2(O)Oc3ccc(O)cc3[C@H]3[C@H](CCCCO)[C@@H](CCCCO)C=C1[C@H]32. The number of aliphatic hydroxyl groups is 3. The van der Waals surface area contributed by atoms with Crippen molar-refractivity contribution < 1.29 is 30.0 Å². The van der Waals surface area contributed by atoms with Gasteiger partial charge in [0.2, 0.25) is 5.79 Å². The maximum absolute atomic E-state index is 13.1. The summed E-state index contributed by atoms with van der Waals surface area (Å²) in [5.74, 6) is -1.67.